The molecule has 0 aliphatic carbocycles. The molecule has 156 valence electrons. The topological polar surface area (TPSA) is 86.1 Å². The molecule has 2 aromatic rings. The number of hydrogen-bond donors (Lipinski definition) is 1. The van der Waals surface area contributed by atoms with E-state index in [-0.39, 0.29) is 4.90 Å². The minimum atomic E-state index is -3.95. The van der Waals surface area contributed by atoms with Gasteiger partial charge in [-0.15, -0.1) is 0 Å². The number of pyridine rings is 1. The molecular weight excluding hydrogens is 521 g/mol. The fourth-order valence-electron chi connectivity index (χ4n) is 3.31. The molecule has 0 saturated carbocycles. The first-order valence-corrected chi connectivity index (χ1v) is 12.2. The quantitative estimate of drug-likeness (QED) is 0.354. The van der Waals surface area contributed by atoms with E-state index in [1.807, 2.05) is 12.3 Å². The van der Waals surface area contributed by atoms with Crippen LogP contribution in [0.2, 0.25) is 0 Å². The van der Waals surface area contributed by atoms with E-state index in [0.29, 0.717) is 11.7 Å². The van der Waals surface area contributed by atoms with Gasteiger partial charge in [-0.05, 0) is 64.6 Å². The molecule has 0 radical (unpaired) electrons. The molecule has 0 amide bonds. The second-order valence-corrected chi connectivity index (χ2v) is 10.6. The molecule has 1 aromatic heterocycles. The highest BCUT2D eigenvalue weighted by atomic mass is 127. The Kier molecular flexibility index (Phi) is 7.10. The average molecular weight is 545 g/mol. The molecule has 0 atom stereocenters. The van der Waals surface area contributed by atoms with Crippen molar-refractivity contribution in [3.63, 3.8) is 0 Å². The third-order valence-electron chi connectivity index (χ3n) is 5.09. The SMILES string of the molecule is C[N+]1(Cc2ccc(I)cn2)CCN(C(=S)NCc2cccc(S([NH-])(=O)=O)c2)CC1. The maximum atomic E-state index is 11.4. The number of sulfonamides is 1. The number of hydrogen-bond acceptors (Lipinski definition) is 4. The minimum Gasteiger partial charge on any atom is -0.560 e. The van der Waals surface area contributed by atoms with Crippen molar-refractivity contribution in [2.24, 2.45) is 0 Å². The summed E-state index contributed by atoms with van der Waals surface area (Å²) >= 11 is 7.80. The van der Waals surface area contributed by atoms with Gasteiger partial charge in [0.2, 0.25) is 0 Å². The van der Waals surface area contributed by atoms with Gasteiger partial charge in [-0.3, -0.25) is 4.98 Å². The zero-order chi connectivity index (χ0) is 21.1. The van der Waals surface area contributed by atoms with E-state index in [1.165, 1.54) is 12.1 Å². The van der Waals surface area contributed by atoms with Crippen LogP contribution in [0.5, 0.6) is 0 Å². The summed E-state index contributed by atoms with van der Waals surface area (Å²) in [5.41, 5.74) is 1.88. The molecular formula is C19H24IN5O2S2. The number of aromatic nitrogens is 1. The first kappa shape index (κ1) is 22.3. The highest BCUT2D eigenvalue weighted by Gasteiger charge is 2.30. The van der Waals surface area contributed by atoms with Gasteiger partial charge in [-0.2, -0.15) is 0 Å². The molecule has 1 aliphatic heterocycles. The van der Waals surface area contributed by atoms with Gasteiger partial charge in [0.05, 0.1) is 48.9 Å². The highest BCUT2D eigenvalue weighted by Crippen LogP contribution is 2.16. The summed E-state index contributed by atoms with van der Waals surface area (Å²) in [6.07, 6.45) is 1.90. The van der Waals surface area contributed by atoms with Crippen LogP contribution in [0, 0.1) is 3.57 Å². The number of halogens is 1. The van der Waals surface area contributed by atoms with Crippen molar-refractivity contribution < 1.29 is 12.9 Å². The van der Waals surface area contributed by atoms with E-state index in [4.69, 9.17) is 17.4 Å². The summed E-state index contributed by atoms with van der Waals surface area (Å²) in [7, 11) is -1.70. The zero-order valence-corrected chi connectivity index (χ0v) is 19.9. The zero-order valence-electron chi connectivity index (χ0n) is 16.1. The molecule has 1 fully saturated rings. The van der Waals surface area contributed by atoms with E-state index in [2.05, 4.69) is 57.0 Å². The van der Waals surface area contributed by atoms with Crippen LogP contribution in [0.3, 0.4) is 0 Å². The van der Waals surface area contributed by atoms with Gasteiger partial charge in [-0.1, -0.05) is 12.1 Å². The molecule has 1 aliphatic rings. The standard InChI is InChI=1S/C19H24IN5O2S2/c1-25(14-17-6-5-16(20)13-22-17)9-7-24(8-10-25)19(28)23-12-15-3-2-4-18(11-15)29(21,26)27/h2-6,11,13H,7-10,12,14H2,1H3,(H2-,21,23,26,27,28). The Labute approximate surface area is 191 Å². The van der Waals surface area contributed by atoms with Crippen LogP contribution in [0.4, 0.5) is 0 Å². The van der Waals surface area contributed by atoms with Crippen LogP contribution in [-0.4, -0.2) is 61.1 Å². The number of thiocarbonyl (C=S) groups is 1. The van der Waals surface area contributed by atoms with Crippen molar-refractivity contribution in [2.75, 3.05) is 33.2 Å². The third-order valence-corrected chi connectivity index (χ3v) is 7.01. The number of piperazine rings is 1. The van der Waals surface area contributed by atoms with E-state index in [9.17, 15) is 8.42 Å². The largest absolute Gasteiger partial charge is 0.560 e. The predicted molar refractivity (Wildman–Crippen MR) is 126 cm³/mol. The first-order valence-electron chi connectivity index (χ1n) is 9.20. The van der Waals surface area contributed by atoms with Gasteiger partial charge in [0.15, 0.2) is 5.11 Å². The van der Waals surface area contributed by atoms with Gasteiger partial charge in [0.25, 0.3) is 0 Å². The van der Waals surface area contributed by atoms with Crippen molar-refractivity contribution in [1.82, 2.24) is 15.2 Å². The Morgan fingerprint density at radius 3 is 2.66 bits per heavy atom. The van der Waals surface area contributed by atoms with E-state index in [0.717, 1.165) is 52.0 Å². The van der Waals surface area contributed by atoms with E-state index >= 15 is 0 Å². The van der Waals surface area contributed by atoms with Crippen molar-refractivity contribution in [3.8, 4) is 0 Å². The molecule has 29 heavy (non-hydrogen) atoms. The van der Waals surface area contributed by atoms with Crippen LogP contribution in [0.1, 0.15) is 11.3 Å². The monoisotopic (exact) mass is 545 g/mol. The molecule has 1 saturated heterocycles. The van der Waals surface area contributed by atoms with E-state index < -0.39 is 10.0 Å². The molecule has 0 spiro atoms. The van der Waals surface area contributed by atoms with Crippen LogP contribution in [0.15, 0.2) is 47.5 Å². The predicted octanol–water partition coefficient (Wildman–Crippen LogP) is 2.76. The summed E-state index contributed by atoms with van der Waals surface area (Å²) < 4.78 is 24.8. The molecule has 0 bridgehead atoms. The maximum Gasteiger partial charge on any atom is 0.169 e. The molecule has 0 unspecified atom stereocenters. The Bertz CT molecular complexity index is 974. The van der Waals surface area contributed by atoms with Gasteiger partial charge >= 0.3 is 0 Å². The molecule has 7 nitrogen and oxygen atoms in total. The number of nitrogens with one attached hydrogen (secondary N) is 2. The molecule has 2 N–H and O–H groups in total. The maximum absolute atomic E-state index is 11.4. The van der Waals surface area contributed by atoms with Crippen molar-refractivity contribution >= 4 is 49.9 Å². The van der Waals surface area contributed by atoms with Crippen LogP contribution in [-0.2, 0) is 23.1 Å². The number of rotatable bonds is 5. The fourth-order valence-corrected chi connectivity index (χ4v) is 4.45. The smallest absolute Gasteiger partial charge is 0.169 e. The van der Waals surface area contributed by atoms with Gasteiger partial charge in [-0.25, -0.2) is 8.42 Å². The van der Waals surface area contributed by atoms with Crippen LogP contribution >= 0.6 is 34.8 Å². The Morgan fingerprint density at radius 1 is 1.31 bits per heavy atom. The van der Waals surface area contributed by atoms with Gasteiger partial charge < -0.3 is 19.8 Å². The molecule has 2 heterocycles. The van der Waals surface area contributed by atoms with Gasteiger partial charge in [0, 0.05) is 21.2 Å². The third kappa shape index (κ3) is 6.32. The average Bonchev–Trinajstić information content (AvgIpc) is 2.68. The molecule has 10 heteroatoms. The lowest BCUT2D eigenvalue weighted by molar-refractivity contribution is -0.926. The lowest BCUT2D eigenvalue weighted by Crippen LogP contribution is -2.59. The summed E-state index contributed by atoms with van der Waals surface area (Å²) in [5, 5.41) is 11.1. The van der Waals surface area contributed by atoms with Gasteiger partial charge in [0.1, 0.15) is 6.54 Å². The number of quaternary nitrogens is 1. The van der Waals surface area contributed by atoms with Crippen molar-refractivity contribution in [1.29, 1.82) is 0 Å². The number of benzene rings is 1. The Balaban J connectivity index is 1.51. The fraction of sp³-hybridized carbons (Fsp3) is 0.368. The Hall–Kier alpha value is -1.34. The first-order chi connectivity index (χ1) is 13.6. The molecule has 1 aromatic carbocycles. The Morgan fingerprint density at radius 2 is 2.03 bits per heavy atom. The second-order valence-electron chi connectivity index (χ2n) is 7.49. The molecule has 3 rings (SSSR count). The normalized spacial score (nSPS) is 16.4. The number of nitrogens with zero attached hydrogens (tertiary/aromatic N) is 3. The number of likely N-dealkylation sites (N-methyl/N-ethyl adjacent to an activating group) is 1. The van der Waals surface area contributed by atoms with Crippen molar-refractivity contribution in [3.05, 3.63) is 62.6 Å². The summed E-state index contributed by atoms with van der Waals surface area (Å²) in [4.78, 5) is 6.68. The summed E-state index contributed by atoms with van der Waals surface area (Å²) in [5.74, 6) is 0. The van der Waals surface area contributed by atoms with Crippen molar-refractivity contribution in [2.45, 2.75) is 18.0 Å². The van der Waals surface area contributed by atoms with Crippen LogP contribution in [0.25, 0.3) is 5.14 Å². The lowest BCUT2D eigenvalue weighted by Gasteiger charge is -2.42. The lowest BCUT2D eigenvalue weighted by atomic mass is 10.2. The van der Waals surface area contributed by atoms with E-state index in [1.54, 1.807) is 6.07 Å². The minimum absolute atomic E-state index is 0.00188. The summed E-state index contributed by atoms with van der Waals surface area (Å²) in [6, 6.07) is 10.6. The van der Waals surface area contributed by atoms with Crippen LogP contribution < -0.4 is 5.32 Å². The highest BCUT2D eigenvalue weighted by molar-refractivity contribution is 14.1. The summed E-state index contributed by atoms with van der Waals surface area (Å²) in [6.45, 7) is 4.99. The second kappa shape index (κ2) is 9.21.